The van der Waals surface area contributed by atoms with Crippen molar-refractivity contribution in [2.75, 3.05) is 18.0 Å². The fourth-order valence-electron chi connectivity index (χ4n) is 2.51. The highest BCUT2D eigenvalue weighted by atomic mass is 16.4. The Morgan fingerprint density at radius 2 is 1.86 bits per heavy atom. The second-order valence-corrected chi connectivity index (χ2v) is 5.02. The third-order valence-electron chi connectivity index (χ3n) is 3.59. The maximum atomic E-state index is 11.4. The van der Waals surface area contributed by atoms with Gasteiger partial charge in [0.15, 0.2) is 5.82 Å². The molecule has 0 unspecified atom stereocenters. The molecule has 1 fully saturated rings. The number of carboxylic acids is 1. The summed E-state index contributed by atoms with van der Waals surface area (Å²) in [6.45, 7) is 1.68. The van der Waals surface area contributed by atoms with Crippen molar-refractivity contribution in [3.8, 4) is 11.4 Å². The van der Waals surface area contributed by atoms with Gasteiger partial charge in [0.05, 0.1) is 0 Å². The van der Waals surface area contributed by atoms with Gasteiger partial charge in [0, 0.05) is 37.2 Å². The van der Waals surface area contributed by atoms with E-state index in [-0.39, 0.29) is 5.56 Å². The van der Waals surface area contributed by atoms with E-state index in [4.69, 9.17) is 0 Å². The SMILES string of the molecule is O=C(O)c1cnc(-c2ccncc2)nc1N1CCCCC1. The Hall–Kier alpha value is -2.50. The zero-order chi connectivity index (χ0) is 14.7. The van der Waals surface area contributed by atoms with Crippen LogP contribution in [0.3, 0.4) is 0 Å². The summed E-state index contributed by atoms with van der Waals surface area (Å²) in [5.41, 5.74) is 0.995. The lowest BCUT2D eigenvalue weighted by Crippen LogP contribution is -2.32. The van der Waals surface area contributed by atoms with Crippen LogP contribution in [0.15, 0.2) is 30.7 Å². The van der Waals surface area contributed by atoms with Crippen molar-refractivity contribution in [2.45, 2.75) is 19.3 Å². The quantitative estimate of drug-likeness (QED) is 0.931. The second-order valence-electron chi connectivity index (χ2n) is 5.02. The minimum absolute atomic E-state index is 0.162. The third kappa shape index (κ3) is 2.84. The molecule has 0 atom stereocenters. The molecule has 6 nitrogen and oxygen atoms in total. The first-order valence-corrected chi connectivity index (χ1v) is 7.01. The normalized spacial score (nSPS) is 15.0. The molecular formula is C15H16N4O2. The molecule has 0 radical (unpaired) electrons. The summed E-state index contributed by atoms with van der Waals surface area (Å²) in [4.78, 5) is 26.1. The number of pyridine rings is 1. The Labute approximate surface area is 122 Å². The maximum Gasteiger partial charge on any atom is 0.341 e. The van der Waals surface area contributed by atoms with Gasteiger partial charge >= 0.3 is 5.97 Å². The van der Waals surface area contributed by atoms with Crippen LogP contribution in [0.1, 0.15) is 29.6 Å². The number of piperidine rings is 1. The van der Waals surface area contributed by atoms with E-state index in [0.717, 1.165) is 31.5 Å². The summed E-state index contributed by atoms with van der Waals surface area (Å²) in [6, 6.07) is 3.63. The monoisotopic (exact) mass is 284 g/mol. The summed E-state index contributed by atoms with van der Waals surface area (Å²) in [5, 5.41) is 9.34. The molecule has 21 heavy (non-hydrogen) atoms. The van der Waals surface area contributed by atoms with Gasteiger partial charge in [0.2, 0.25) is 0 Å². The van der Waals surface area contributed by atoms with Crippen molar-refractivity contribution < 1.29 is 9.90 Å². The topological polar surface area (TPSA) is 79.2 Å². The van der Waals surface area contributed by atoms with E-state index in [1.54, 1.807) is 12.4 Å². The van der Waals surface area contributed by atoms with Crippen LogP contribution in [-0.2, 0) is 0 Å². The molecule has 2 aromatic rings. The van der Waals surface area contributed by atoms with Gasteiger partial charge in [-0.05, 0) is 31.4 Å². The third-order valence-corrected chi connectivity index (χ3v) is 3.59. The molecule has 0 aromatic carbocycles. The van der Waals surface area contributed by atoms with Gasteiger partial charge < -0.3 is 10.0 Å². The zero-order valence-electron chi connectivity index (χ0n) is 11.6. The Bertz CT molecular complexity index is 639. The van der Waals surface area contributed by atoms with Gasteiger partial charge in [-0.1, -0.05) is 0 Å². The van der Waals surface area contributed by atoms with Crippen LogP contribution in [0.2, 0.25) is 0 Å². The van der Waals surface area contributed by atoms with Gasteiger partial charge in [0.25, 0.3) is 0 Å². The number of hydrogen-bond donors (Lipinski definition) is 1. The van der Waals surface area contributed by atoms with Crippen LogP contribution in [-0.4, -0.2) is 39.1 Å². The molecule has 0 aliphatic carbocycles. The average Bonchev–Trinajstić information content (AvgIpc) is 2.56. The zero-order valence-corrected chi connectivity index (χ0v) is 11.6. The number of anilines is 1. The van der Waals surface area contributed by atoms with Crippen LogP contribution >= 0.6 is 0 Å². The molecule has 3 heterocycles. The predicted octanol–water partition coefficient (Wildman–Crippen LogP) is 2.23. The van der Waals surface area contributed by atoms with E-state index >= 15 is 0 Å². The molecule has 0 saturated carbocycles. The first-order chi connectivity index (χ1) is 10.3. The fourth-order valence-corrected chi connectivity index (χ4v) is 2.51. The first-order valence-electron chi connectivity index (χ1n) is 7.01. The Morgan fingerprint density at radius 1 is 1.14 bits per heavy atom. The standard InChI is InChI=1S/C15H16N4O2/c20-15(21)12-10-17-13(11-4-6-16-7-5-11)18-14(12)19-8-2-1-3-9-19/h4-7,10H,1-3,8-9H2,(H,20,21). The lowest BCUT2D eigenvalue weighted by Gasteiger charge is -2.28. The van der Waals surface area contributed by atoms with Crippen molar-refractivity contribution >= 4 is 11.8 Å². The lowest BCUT2D eigenvalue weighted by molar-refractivity contribution is 0.0696. The Morgan fingerprint density at radius 3 is 2.52 bits per heavy atom. The van der Waals surface area contributed by atoms with E-state index in [2.05, 4.69) is 15.0 Å². The van der Waals surface area contributed by atoms with Crippen molar-refractivity contribution in [3.05, 3.63) is 36.3 Å². The second kappa shape index (κ2) is 5.87. The van der Waals surface area contributed by atoms with Crippen LogP contribution in [0.4, 0.5) is 5.82 Å². The molecule has 6 heteroatoms. The highest BCUT2D eigenvalue weighted by Gasteiger charge is 2.21. The van der Waals surface area contributed by atoms with E-state index in [9.17, 15) is 9.90 Å². The van der Waals surface area contributed by atoms with Crippen molar-refractivity contribution in [2.24, 2.45) is 0 Å². The number of aromatic carboxylic acids is 1. The number of carbonyl (C=O) groups is 1. The largest absolute Gasteiger partial charge is 0.477 e. The summed E-state index contributed by atoms with van der Waals surface area (Å²) >= 11 is 0. The molecule has 1 N–H and O–H groups in total. The van der Waals surface area contributed by atoms with E-state index in [1.807, 2.05) is 17.0 Å². The summed E-state index contributed by atoms with van der Waals surface area (Å²) in [6.07, 6.45) is 8.05. The van der Waals surface area contributed by atoms with Gasteiger partial charge in [-0.25, -0.2) is 14.8 Å². The highest BCUT2D eigenvalue weighted by Crippen LogP contribution is 2.24. The molecule has 1 aliphatic rings. The Kier molecular flexibility index (Phi) is 3.77. The van der Waals surface area contributed by atoms with Gasteiger partial charge in [-0.2, -0.15) is 0 Å². The fraction of sp³-hybridized carbons (Fsp3) is 0.333. The molecule has 1 aliphatic heterocycles. The van der Waals surface area contributed by atoms with Crippen LogP contribution in [0.5, 0.6) is 0 Å². The molecule has 0 bridgehead atoms. The molecular weight excluding hydrogens is 268 g/mol. The molecule has 0 spiro atoms. The maximum absolute atomic E-state index is 11.4. The minimum atomic E-state index is -0.989. The molecule has 108 valence electrons. The number of nitrogens with zero attached hydrogens (tertiary/aromatic N) is 4. The smallest absolute Gasteiger partial charge is 0.341 e. The van der Waals surface area contributed by atoms with Crippen molar-refractivity contribution in [1.82, 2.24) is 15.0 Å². The van der Waals surface area contributed by atoms with E-state index < -0.39 is 5.97 Å². The minimum Gasteiger partial charge on any atom is -0.477 e. The van der Waals surface area contributed by atoms with Gasteiger partial charge in [-0.15, -0.1) is 0 Å². The molecule has 3 rings (SSSR count). The first kappa shape index (κ1) is 13.5. The summed E-state index contributed by atoms with van der Waals surface area (Å²) in [7, 11) is 0. The highest BCUT2D eigenvalue weighted by molar-refractivity contribution is 5.93. The van der Waals surface area contributed by atoms with Crippen molar-refractivity contribution in [1.29, 1.82) is 0 Å². The number of rotatable bonds is 3. The van der Waals surface area contributed by atoms with Crippen molar-refractivity contribution in [3.63, 3.8) is 0 Å². The van der Waals surface area contributed by atoms with Gasteiger partial charge in [-0.3, -0.25) is 4.98 Å². The molecule has 0 amide bonds. The number of aromatic nitrogens is 3. The van der Waals surface area contributed by atoms with E-state index in [0.29, 0.717) is 11.6 Å². The predicted molar refractivity (Wildman–Crippen MR) is 78.3 cm³/mol. The number of hydrogen-bond acceptors (Lipinski definition) is 5. The van der Waals surface area contributed by atoms with Crippen LogP contribution in [0.25, 0.3) is 11.4 Å². The van der Waals surface area contributed by atoms with E-state index in [1.165, 1.54) is 12.6 Å². The van der Waals surface area contributed by atoms with Crippen LogP contribution < -0.4 is 4.90 Å². The van der Waals surface area contributed by atoms with Gasteiger partial charge in [0.1, 0.15) is 11.4 Å². The lowest BCUT2D eigenvalue weighted by atomic mass is 10.1. The molecule has 2 aromatic heterocycles. The number of carboxylic acid groups (broad SMARTS) is 1. The van der Waals surface area contributed by atoms with Crippen LogP contribution in [0, 0.1) is 0 Å². The Balaban J connectivity index is 2.03. The summed E-state index contributed by atoms with van der Waals surface area (Å²) in [5.74, 6) is 0.0591. The average molecular weight is 284 g/mol. The summed E-state index contributed by atoms with van der Waals surface area (Å²) < 4.78 is 0. The molecule has 1 saturated heterocycles.